The van der Waals surface area contributed by atoms with Gasteiger partial charge in [-0.2, -0.15) is 0 Å². The zero-order valence-electron chi connectivity index (χ0n) is 27.2. The van der Waals surface area contributed by atoms with Crippen molar-refractivity contribution < 1.29 is 48.5 Å². The van der Waals surface area contributed by atoms with Gasteiger partial charge < -0.3 is 30.9 Å². The first kappa shape index (κ1) is 34.4. The first-order chi connectivity index (χ1) is 22.6. The maximum atomic E-state index is 14.3. The van der Waals surface area contributed by atoms with Crippen molar-refractivity contribution in [2.24, 2.45) is 29.4 Å². The Labute approximate surface area is 276 Å². The Hall–Kier alpha value is -4.95. The van der Waals surface area contributed by atoms with Crippen molar-refractivity contribution in [2.45, 2.75) is 31.4 Å². The highest BCUT2D eigenvalue weighted by Crippen LogP contribution is 2.53. The molecule has 3 aliphatic carbocycles. The molecule has 0 spiro atoms. The molecule has 6 atom stereocenters. The Balaban J connectivity index is 1.59. The minimum Gasteiger partial charge on any atom is -0.507 e. The average molecular weight is 663 g/mol. The molecular formula is C34H38N4O10. The monoisotopic (exact) mass is 662 g/mol. The Bertz CT molecular complexity index is 1770. The molecule has 14 nitrogen and oxygen atoms in total. The largest absolute Gasteiger partial charge is 0.507 e. The summed E-state index contributed by atoms with van der Waals surface area (Å²) in [6.07, 6.45) is 0.0335. The number of Topliss-reactive ketones (excluding diaryl/α,β-unsaturated/α-hetero) is 4. The van der Waals surface area contributed by atoms with Gasteiger partial charge in [0.15, 0.2) is 34.7 Å². The summed E-state index contributed by atoms with van der Waals surface area (Å²) in [6, 6.07) is 6.62. The van der Waals surface area contributed by atoms with E-state index in [1.165, 1.54) is 31.1 Å². The van der Waals surface area contributed by atoms with Crippen LogP contribution in [0.5, 0.6) is 5.75 Å². The summed E-state index contributed by atoms with van der Waals surface area (Å²) < 4.78 is 4.84. The number of benzene rings is 2. The van der Waals surface area contributed by atoms with Crippen molar-refractivity contribution >= 4 is 46.6 Å². The SMILES string of the molecule is CCOC(=O)CNC(=O)c1cccc(-c2cc(N(C)C)c3c(c2O)C(=O)C2C(=O)[C@]4(O)C(=O)C(C(N)=O)C(=O)[C@@H](N(C)C)[C@@H]4C[C@@H]2C3)c1. The zero-order valence-corrected chi connectivity index (χ0v) is 27.2. The van der Waals surface area contributed by atoms with Crippen LogP contribution >= 0.6 is 0 Å². The number of phenols is 1. The first-order valence-electron chi connectivity index (χ1n) is 15.5. The molecule has 0 aromatic heterocycles. The van der Waals surface area contributed by atoms with Crippen molar-refractivity contribution in [3.63, 3.8) is 0 Å². The molecule has 2 aromatic carbocycles. The van der Waals surface area contributed by atoms with Gasteiger partial charge in [0.2, 0.25) is 5.91 Å². The maximum absolute atomic E-state index is 14.3. The summed E-state index contributed by atoms with van der Waals surface area (Å²) >= 11 is 0. The van der Waals surface area contributed by atoms with E-state index in [2.05, 4.69) is 5.32 Å². The average Bonchev–Trinajstić information content (AvgIpc) is 3.01. The molecule has 5 N–H and O–H groups in total. The van der Waals surface area contributed by atoms with Crippen molar-refractivity contribution in [1.29, 1.82) is 0 Å². The molecule has 2 fully saturated rings. The highest BCUT2D eigenvalue weighted by molar-refractivity contribution is 6.32. The van der Waals surface area contributed by atoms with Crippen LogP contribution in [0.3, 0.4) is 0 Å². The Morgan fingerprint density at radius 3 is 2.35 bits per heavy atom. The van der Waals surface area contributed by atoms with Gasteiger partial charge in [-0.1, -0.05) is 12.1 Å². The lowest BCUT2D eigenvalue weighted by molar-refractivity contribution is -0.181. The topological polar surface area (TPSA) is 214 Å². The fourth-order valence-corrected chi connectivity index (χ4v) is 7.57. The number of amides is 2. The summed E-state index contributed by atoms with van der Waals surface area (Å²) in [5, 5.41) is 26.0. The predicted molar refractivity (Wildman–Crippen MR) is 170 cm³/mol. The van der Waals surface area contributed by atoms with Gasteiger partial charge in [-0.3, -0.25) is 38.5 Å². The molecule has 2 amide bonds. The standard InChI is InChI=1S/C34H38N4O10/c1-6-48-22(39)14-36-33(46)16-9-7-8-15(10-16)18-13-21(37(2)3)19-11-17-12-20-26(38(4)5)29(42)25(32(35)45)31(44)34(20,47)30(43)23(17)28(41)24(19)27(18)40/h7-10,13,17,20,23,25-26,40,47H,6,11-12,14H2,1-5H3,(H2,35,45)(H,36,46)/t17-,20-,23?,25?,26-,34-/m0/s1. The quantitative estimate of drug-likeness (QED) is 0.215. The van der Waals surface area contributed by atoms with Crippen LogP contribution in [-0.4, -0.2) is 109 Å². The number of anilines is 1. The number of ether oxygens (including phenoxy) is 1. The number of nitrogens with two attached hydrogens (primary N) is 1. The molecule has 0 aliphatic heterocycles. The predicted octanol–water partition coefficient (Wildman–Crippen LogP) is -0.107. The van der Waals surface area contributed by atoms with Gasteiger partial charge in [-0.05, 0) is 69.1 Å². The number of ketones is 4. The molecule has 0 heterocycles. The van der Waals surface area contributed by atoms with Crippen LogP contribution in [0, 0.1) is 23.7 Å². The van der Waals surface area contributed by atoms with E-state index >= 15 is 0 Å². The summed E-state index contributed by atoms with van der Waals surface area (Å²) in [7, 11) is 6.53. The summed E-state index contributed by atoms with van der Waals surface area (Å²) in [4.78, 5) is 95.4. The van der Waals surface area contributed by atoms with Gasteiger partial charge in [0.05, 0.1) is 24.1 Å². The van der Waals surface area contributed by atoms with E-state index in [4.69, 9.17) is 10.5 Å². The number of primary amides is 1. The van der Waals surface area contributed by atoms with Gasteiger partial charge in [-0.15, -0.1) is 0 Å². The smallest absolute Gasteiger partial charge is 0.325 e. The molecule has 5 rings (SSSR count). The van der Waals surface area contributed by atoms with Crippen molar-refractivity contribution in [1.82, 2.24) is 10.2 Å². The van der Waals surface area contributed by atoms with Crippen LogP contribution < -0.4 is 16.0 Å². The number of aromatic hydroxyl groups is 1. The van der Waals surface area contributed by atoms with Crippen LogP contribution in [-0.2, 0) is 35.1 Å². The number of hydrogen-bond acceptors (Lipinski definition) is 12. The number of rotatable bonds is 8. The molecule has 3 aliphatic rings. The minimum atomic E-state index is -2.83. The molecule has 2 aromatic rings. The van der Waals surface area contributed by atoms with E-state index in [9.17, 15) is 43.8 Å². The van der Waals surface area contributed by atoms with Crippen molar-refractivity contribution in [2.75, 3.05) is 46.2 Å². The highest BCUT2D eigenvalue weighted by atomic mass is 16.5. The maximum Gasteiger partial charge on any atom is 0.325 e. The molecule has 0 saturated heterocycles. The second-order valence-corrected chi connectivity index (χ2v) is 12.9. The lowest BCUT2D eigenvalue weighted by Gasteiger charge is -2.52. The molecule has 254 valence electrons. The number of fused-ring (bicyclic) bond motifs is 3. The lowest BCUT2D eigenvalue weighted by atomic mass is 9.52. The van der Waals surface area contributed by atoms with Crippen LogP contribution in [0.4, 0.5) is 5.69 Å². The van der Waals surface area contributed by atoms with Gasteiger partial charge >= 0.3 is 5.97 Å². The number of phenolic OH excluding ortho intramolecular Hbond substituents is 1. The second kappa shape index (κ2) is 12.6. The Morgan fingerprint density at radius 2 is 1.75 bits per heavy atom. The molecule has 0 radical (unpaired) electrons. The number of nitrogens with one attached hydrogen (secondary N) is 1. The third-order valence-corrected chi connectivity index (χ3v) is 9.65. The Morgan fingerprint density at radius 1 is 1.06 bits per heavy atom. The number of hydrogen-bond donors (Lipinski definition) is 4. The number of esters is 1. The van der Waals surface area contributed by atoms with E-state index in [1.807, 2.05) is 0 Å². The Kier molecular flexibility index (Phi) is 9.01. The van der Waals surface area contributed by atoms with Crippen LogP contribution in [0.1, 0.15) is 39.6 Å². The van der Waals surface area contributed by atoms with Crippen molar-refractivity contribution in [3.8, 4) is 16.9 Å². The lowest BCUT2D eigenvalue weighted by Crippen LogP contribution is -2.74. The van der Waals surface area contributed by atoms with E-state index in [1.54, 1.807) is 44.1 Å². The van der Waals surface area contributed by atoms with E-state index < -0.39 is 82.0 Å². The minimum absolute atomic E-state index is 0.0672. The molecule has 14 heteroatoms. The van der Waals surface area contributed by atoms with E-state index in [-0.39, 0.29) is 42.7 Å². The first-order valence-corrected chi connectivity index (χ1v) is 15.5. The van der Waals surface area contributed by atoms with Crippen LogP contribution in [0.25, 0.3) is 11.1 Å². The normalized spacial score (nSPS) is 26.4. The van der Waals surface area contributed by atoms with Crippen LogP contribution in [0.15, 0.2) is 30.3 Å². The fourth-order valence-electron chi connectivity index (χ4n) is 7.57. The number of aliphatic hydroxyl groups is 1. The van der Waals surface area contributed by atoms with Gasteiger partial charge in [0.25, 0.3) is 5.91 Å². The fraction of sp³-hybridized carbons (Fsp3) is 0.441. The summed E-state index contributed by atoms with van der Waals surface area (Å²) in [6.45, 7) is 1.44. The molecule has 2 unspecified atom stereocenters. The summed E-state index contributed by atoms with van der Waals surface area (Å²) in [5.41, 5.74) is 4.07. The molecule has 0 bridgehead atoms. The van der Waals surface area contributed by atoms with Gasteiger partial charge in [0.1, 0.15) is 12.3 Å². The third kappa shape index (κ3) is 5.34. The summed E-state index contributed by atoms with van der Waals surface area (Å²) in [5.74, 6) is -12.6. The second-order valence-electron chi connectivity index (χ2n) is 12.9. The van der Waals surface area contributed by atoms with E-state index in [0.29, 0.717) is 16.8 Å². The van der Waals surface area contributed by atoms with Gasteiger partial charge in [0, 0.05) is 36.8 Å². The molecular weight excluding hydrogens is 624 g/mol. The van der Waals surface area contributed by atoms with Crippen molar-refractivity contribution in [3.05, 3.63) is 47.0 Å². The highest BCUT2D eigenvalue weighted by Gasteiger charge is 2.69. The van der Waals surface area contributed by atoms with E-state index in [0.717, 1.165) is 0 Å². The molecule has 2 saturated carbocycles. The van der Waals surface area contributed by atoms with Crippen LogP contribution in [0.2, 0.25) is 0 Å². The number of carbonyl (C=O) groups excluding carboxylic acids is 7. The molecule has 48 heavy (non-hydrogen) atoms. The number of likely N-dealkylation sites (N-methyl/N-ethyl adjacent to an activating group) is 1. The zero-order chi connectivity index (χ0) is 35.4. The number of nitrogens with zero attached hydrogens (tertiary/aromatic N) is 2. The third-order valence-electron chi connectivity index (χ3n) is 9.65. The number of carbonyl (C=O) groups is 7. The van der Waals surface area contributed by atoms with Gasteiger partial charge in [-0.25, -0.2) is 0 Å².